The van der Waals surface area contributed by atoms with Gasteiger partial charge in [0, 0.05) is 23.2 Å². The Morgan fingerprint density at radius 3 is 2.26 bits per heavy atom. The minimum Gasteiger partial charge on any atom is -0.412 e. The van der Waals surface area contributed by atoms with E-state index in [2.05, 4.69) is 5.32 Å². The molecule has 0 aliphatic carbocycles. The van der Waals surface area contributed by atoms with E-state index in [1.54, 1.807) is 36.4 Å². The number of hydrogen-bond acceptors (Lipinski definition) is 4. The molecular weight excluding hydrogens is 465 g/mol. The smallest absolute Gasteiger partial charge is 0.246 e. The fourth-order valence-corrected chi connectivity index (χ4v) is 3.00. The minimum absolute atomic E-state index is 0. The Labute approximate surface area is 197 Å². The summed E-state index contributed by atoms with van der Waals surface area (Å²) in [5.74, 6) is -1.24. The van der Waals surface area contributed by atoms with Crippen LogP contribution in [0.15, 0.2) is 42.5 Å². The summed E-state index contributed by atoms with van der Waals surface area (Å²) in [6.07, 6.45) is 0. The lowest BCUT2D eigenvalue weighted by Gasteiger charge is -2.22. The van der Waals surface area contributed by atoms with Crippen molar-refractivity contribution in [2.24, 2.45) is 11.7 Å². The summed E-state index contributed by atoms with van der Waals surface area (Å²) >= 11 is 12.2. The van der Waals surface area contributed by atoms with Gasteiger partial charge >= 0.3 is 0 Å². The van der Waals surface area contributed by atoms with Crippen LogP contribution < -0.4 is 16.0 Å². The van der Waals surface area contributed by atoms with E-state index in [0.29, 0.717) is 21.3 Å². The lowest BCUT2D eigenvalue weighted by Crippen LogP contribution is -2.47. The summed E-state index contributed by atoms with van der Waals surface area (Å²) in [6, 6.07) is 10.6. The number of carbonyl (C=O) groups excluding carboxylic acids is 3. The van der Waals surface area contributed by atoms with Crippen LogP contribution in [-0.4, -0.2) is 42.7 Å². The zero-order valence-corrected chi connectivity index (χ0v) is 19.6. The van der Waals surface area contributed by atoms with Gasteiger partial charge < -0.3 is 21.4 Å². The molecule has 0 aromatic heterocycles. The second kappa shape index (κ2) is 12.6. The number of halogens is 3. The van der Waals surface area contributed by atoms with E-state index in [1.807, 2.05) is 13.8 Å². The Morgan fingerprint density at radius 2 is 1.68 bits per heavy atom. The van der Waals surface area contributed by atoms with Gasteiger partial charge in [-0.05, 0) is 36.2 Å². The van der Waals surface area contributed by atoms with Crippen molar-refractivity contribution in [2.75, 3.05) is 18.5 Å². The first-order valence-electron chi connectivity index (χ1n) is 9.02. The van der Waals surface area contributed by atoms with Crippen molar-refractivity contribution in [1.82, 2.24) is 5.32 Å². The molecule has 1 unspecified atom stereocenters. The van der Waals surface area contributed by atoms with Crippen LogP contribution in [-0.2, 0) is 9.59 Å². The molecule has 0 bridgehead atoms. The summed E-state index contributed by atoms with van der Waals surface area (Å²) in [5, 5.41) is 3.17. The standard InChI is InChI=1S/C21H23Cl2N3O3.ClH.H2O/c1-12(2)19(24)21(29)25-11-18(27)26(3)17-9-8-13(22)10-15(17)20(28)14-6-4-5-7-16(14)23;;/h4-10,12,19H,11,24H2,1-3H3,(H,25,29);1H;1H2. The number of amides is 2. The molecule has 0 aliphatic rings. The quantitative estimate of drug-likeness (QED) is 0.579. The van der Waals surface area contributed by atoms with E-state index in [-0.39, 0.29) is 41.7 Å². The molecule has 0 saturated heterocycles. The largest absolute Gasteiger partial charge is 0.412 e. The van der Waals surface area contributed by atoms with E-state index in [9.17, 15) is 14.4 Å². The van der Waals surface area contributed by atoms with Gasteiger partial charge in [-0.3, -0.25) is 14.4 Å². The van der Waals surface area contributed by atoms with Gasteiger partial charge in [-0.25, -0.2) is 0 Å². The fraction of sp³-hybridized carbons (Fsp3) is 0.286. The molecule has 0 saturated carbocycles. The number of rotatable bonds is 7. The molecule has 2 aromatic rings. The van der Waals surface area contributed by atoms with E-state index in [0.717, 1.165) is 0 Å². The van der Waals surface area contributed by atoms with Crippen LogP contribution >= 0.6 is 35.6 Å². The molecule has 170 valence electrons. The SMILES string of the molecule is CC(C)C(N)C(=O)NCC(=O)N(C)c1ccc(Cl)cc1C(=O)c1ccccc1Cl.Cl.O. The minimum atomic E-state index is -0.707. The Bertz CT molecular complexity index is 938. The maximum absolute atomic E-state index is 13.0. The van der Waals surface area contributed by atoms with Crippen LogP contribution in [0, 0.1) is 5.92 Å². The molecule has 2 aromatic carbocycles. The first-order chi connectivity index (χ1) is 13.6. The molecule has 1 atom stereocenters. The molecule has 7 nitrogen and oxygen atoms in total. The molecule has 0 aliphatic heterocycles. The van der Waals surface area contributed by atoms with Crippen molar-refractivity contribution < 1.29 is 19.9 Å². The van der Waals surface area contributed by atoms with Crippen molar-refractivity contribution in [1.29, 1.82) is 0 Å². The highest BCUT2D eigenvalue weighted by atomic mass is 35.5. The Morgan fingerprint density at radius 1 is 1.06 bits per heavy atom. The third-order valence-electron chi connectivity index (χ3n) is 4.49. The molecule has 10 heteroatoms. The average Bonchev–Trinajstić information content (AvgIpc) is 2.70. The Hall–Kier alpha value is -2.16. The molecule has 2 amide bonds. The number of ketones is 1. The fourth-order valence-electron chi connectivity index (χ4n) is 2.61. The molecule has 2 rings (SSSR count). The topological polar surface area (TPSA) is 124 Å². The predicted octanol–water partition coefficient (Wildman–Crippen LogP) is 2.88. The number of hydrogen-bond donors (Lipinski definition) is 2. The van der Waals surface area contributed by atoms with Gasteiger partial charge in [0.15, 0.2) is 5.78 Å². The van der Waals surface area contributed by atoms with Crippen LogP contribution in [0.25, 0.3) is 0 Å². The second-order valence-electron chi connectivity index (χ2n) is 6.91. The van der Waals surface area contributed by atoms with Gasteiger partial charge in [0.2, 0.25) is 11.8 Å². The summed E-state index contributed by atoms with van der Waals surface area (Å²) in [4.78, 5) is 38.9. The first-order valence-corrected chi connectivity index (χ1v) is 9.77. The van der Waals surface area contributed by atoms with Gasteiger partial charge in [-0.15, -0.1) is 12.4 Å². The summed E-state index contributed by atoms with van der Waals surface area (Å²) < 4.78 is 0. The highest BCUT2D eigenvalue weighted by Gasteiger charge is 2.23. The number of carbonyl (C=O) groups is 3. The van der Waals surface area contributed by atoms with Crippen LogP contribution in [0.1, 0.15) is 29.8 Å². The molecule has 31 heavy (non-hydrogen) atoms. The van der Waals surface area contributed by atoms with E-state index in [1.165, 1.54) is 18.0 Å². The number of benzene rings is 2. The number of likely N-dealkylation sites (N-methyl/N-ethyl adjacent to an activating group) is 1. The lowest BCUT2D eigenvalue weighted by atomic mass is 10.0. The van der Waals surface area contributed by atoms with Gasteiger partial charge in [0.25, 0.3) is 0 Å². The maximum Gasteiger partial charge on any atom is 0.246 e. The number of nitrogens with one attached hydrogen (secondary N) is 1. The highest BCUT2D eigenvalue weighted by molar-refractivity contribution is 6.36. The predicted molar refractivity (Wildman–Crippen MR) is 126 cm³/mol. The van der Waals surface area contributed by atoms with Crippen LogP contribution in [0.2, 0.25) is 10.0 Å². The van der Waals surface area contributed by atoms with Crippen LogP contribution in [0.3, 0.4) is 0 Å². The Kier molecular flexibility index (Phi) is 11.8. The first kappa shape index (κ1) is 28.8. The van der Waals surface area contributed by atoms with Gasteiger partial charge in [0.05, 0.1) is 23.3 Å². The zero-order chi connectivity index (χ0) is 21.7. The van der Waals surface area contributed by atoms with E-state index in [4.69, 9.17) is 28.9 Å². The maximum atomic E-state index is 13.0. The van der Waals surface area contributed by atoms with Crippen molar-refractivity contribution in [3.63, 3.8) is 0 Å². The van der Waals surface area contributed by atoms with Gasteiger partial charge in [-0.2, -0.15) is 0 Å². The average molecular weight is 491 g/mol. The van der Waals surface area contributed by atoms with Crippen LogP contribution in [0.4, 0.5) is 5.69 Å². The van der Waals surface area contributed by atoms with Crippen molar-refractivity contribution in [2.45, 2.75) is 19.9 Å². The molecule has 0 fully saturated rings. The third-order valence-corrected chi connectivity index (χ3v) is 5.06. The molecule has 0 heterocycles. The summed E-state index contributed by atoms with van der Waals surface area (Å²) in [5.41, 5.74) is 6.67. The molecule has 0 spiro atoms. The second-order valence-corrected chi connectivity index (χ2v) is 7.75. The molecule has 0 radical (unpaired) electrons. The zero-order valence-electron chi connectivity index (χ0n) is 17.3. The monoisotopic (exact) mass is 489 g/mol. The Balaban J connectivity index is 0.00000450. The van der Waals surface area contributed by atoms with Gasteiger partial charge in [-0.1, -0.05) is 49.2 Å². The van der Waals surface area contributed by atoms with Crippen molar-refractivity contribution in [3.05, 3.63) is 63.6 Å². The molecule has 5 N–H and O–H groups in total. The normalized spacial score (nSPS) is 11.1. The van der Waals surface area contributed by atoms with E-state index < -0.39 is 17.9 Å². The lowest BCUT2D eigenvalue weighted by molar-refractivity contribution is -0.126. The highest BCUT2D eigenvalue weighted by Crippen LogP contribution is 2.28. The number of nitrogens with two attached hydrogens (primary N) is 1. The van der Waals surface area contributed by atoms with Crippen molar-refractivity contribution >= 4 is 58.9 Å². The number of anilines is 1. The van der Waals surface area contributed by atoms with E-state index >= 15 is 0 Å². The molecular formula is C21H26Cl3N3O4. The third kappa shape index (κ3) is 7.19. The summed E-state index contributed by atoms with van der Waals surface area (Å²) in [6.45, 7) is 3.38. The van der Waals surface area contributed by atoms with Crippen molar-refractivity contribution in [3.8, 4) is 0 Å². The van der Waals surface area contributed by atoms with Crippen LogP contribution in [0.5, 0.6) is 0 Å². The van der Waals surface area contributed by atoms with Gasteiger partial charge in [0.1, 0.15) is 0 Å². The number of nitrogens with zero attached hydrogens (tertiary/aromatic N) is 1. The summed E-state index contributed by atoms with van der Waals surface area (Å²) in [7, 11) is 1.52.